The quantitative estimate of drug-likeness (QED) is 0.437. The van der Waals surface area contributed by atoms with Gasteiger partial charge < -0.3 is 10.1 Å². The van der Waals surface area contributed by atoms with E-state index in [2.05, 4.69) is 20.4 Å². The molecule has 0 fully saturated rings. The number of aromatic nitrogens is 4. The highest BCUT2D eigenvalue weighted by Gasteiger charge is 2.33. The number of nitrogens with zero attached hydrogens (tertiary/aromatic N) is 4. The molecule has 1 N–H and O–H groups in total. The maximum Gasteiger partial charge on any atom is 0.573 e. The highest BCUT2D eigenvalue weighted by atomic mass is 35.5. The van der Waals surface area contributed by atoms with Crippen LogP contribution >= 0.6 is 22.9 Å². The van der Waals surface area contributed by atoms with Gasteiger partial charge in [0.05, 0.1) is 27.6 Å². The number of hydrogen-bond donors (Lipinski definition) is 1. The third kappa shape index (κ3) is 5.41. The molecule has 0 aliphatic rings. The molecule has 1 aromatic carbocycles. The first-order valence-corrected chi connectivity index (χ1v) is 10.4. The second kappa shape index (κ2) is 9.08. The summed E-state index contributed by atoms with van der Waals surface area (Å²) in [6.07, 6.45) is -2.20. The van der Waals surface area contributed by atoms with Gasteiger partial charge in [0.25, 0.3) is 11.5 Å². The van der Waals surface area contributed by atoms with Crippen molar-refractivity contribution in [2.45, 2.75) is 12.9 Å². The molecule has 3 aromatic heterocycles. The fourth-order valence-electron chi connectivity index (χ4n) is 2.88. The van der Waals surface area contributed by atoms with Crippen LogP contribution in [-0.4, -0.2) is 31.8 Å². The molecule has 0 spiro atoms. The van der Waals surface area contributed by atoms with E-state index in [1.165, 1.54) is 41.2 Å². The molecule has 8 nitrogen and oxygen atoms in total. The number of carbonyl (C=O) groups is 1. The van der Waals surface area contributed by atoms with Gasteiger partial charge in [0.1, 0.15) is 11.4 Å². The maximum atomic E-state index is 13.0. The smallest absolute Gasteiger partial charge is 0.403 e. The molecule has 0 aliphatic heterocycles. The van der Waals surface area contributed by atoms with Gasteiger partial charge in [0.2, 0.25) is 0 Å². The standard InChI is InChI=1S/C20H13ClF3N5O3S/c21-17-7-6-16(33-17)19(31)25-10-12-11-29(27-26-12)14-5-4-13(9-15(14)32-20(22,23)24)28-8-2-1-3-18(28)30/h1-9,11H,10H2,(H,25,31). The predicted octanol–water partition coefficient (Wildman–Crippen LogP) is 3.96. The van der Waals surface area contributed by atoms with Crippen LogP contribution in [-0.2, 0) is 6.54 Å². The van der Waals surface area contributed by atoms with Crippen molar-refractivity contribution >= 4 is 28.8 Å². The Morgan fingerprint density at radius 1 is 1.18 bits per heavy atom. The Kier molecular flexibility index (Phi) is 6.20. The summed E-state index contributed by atoms with van der Waals surface area (Å²) in [4.78, 5) is 24.6. The summed E-state index contributed by atoms with van der Waals surface area (Å²) < 4.78 is 46.0. The molecule has 0 radical (unpaired) electrons. The number of pyridine rings is 1. The van der Waals surface area contributed by atoms with Crippen molar-refractivity contribution in [1.29, 1.82) is 0 Å². The molecule has 4 aromatic rings. The van der Waals surface area contributed by atoms with Crippen LogP contribution in [0.25, 0.3) is 11.4 Å². The van der Waals surface area contributed by atoms with E-state index in [0.29, 0.717) is 14.9 Å². The zero-order valence-corrected chi connectivity index (χ0v) is 18.0. The molecule has 1 amide bonds. The lowest BCUT2D eigenvalue weighted by Crippen LogP contribution is -2.22. The molecule has 0 atom stereocenters. The second-order valence-corrected chi connectivity index (χ2v) is 8.26. The zero-order chi connectivity index (χ0) is 23.6. The van der Waals surface area contributed by atoms with Crippen LogP contribution in [0.15, 0.2) is 65.7 Å². The topological polar surface area (TPSA) is 91.0 Å². The minimum absolute atomic E-state index is 0.0126. The van der Waals surface area contributed by atoms with Crippen LogP contribution in [0.4, 0.5) is 13.2 Å². The Morgan fingerprint density at radius 3 is 2.70 bits per heavy atom. The number of alkyl halides is 3. The van der Waals surface area contributed by atoms with E-state index >= 15 is 0 Å². The minimum atomic E-state index is -4.98. The van der Waals surface area contributed by atoms with Crippen molar-refractivity contribution in [3.8, 4) is 17.1 Å². The van der Waals surface area contributed by atoms with Crippen molar-refractivity contribution < 1.29 is 22.7 Å². The van der Waals surface area contributed by atoms with Gasteiger partial charge in [-0.25, -0.2) is 4.68 Å². The van der Waals surface area contributed by atoms with Gasteiger partial charge in [-0.1, -0.05) is 22.9 Å². The van der Waals surface area contributed by atoms with Crippen molar-refractivity contribution in [2.24, 2.45) is 0 Å². The summed E-state index contributed by atoms with van der Waals surface area (Å²) in [6.45, 7) is -0.0126. The van der Waals surface area contributed by atoms with Crippen molar-refractivity contribution in [3.05, 3.63) is 86.2 Å². The fourth-order valence-corrected chi connectivity index (χ4v) is 3.84. The normalized spacial score (nSPS) is 11.4. The molecule has 0 aliphatic carbocycles. The molecule has 0 unspecified atom stereocenters. The number of hydrogen-bond acceptors (Lipinski definition) is 6. The average molecular weight is 496 g/mol. The first-order valence-electron chi connectivity index (χ1n) is 9.22. The zero-order valence-electron chi connectivity index (χ0n) is 16.4. The molecule has 3 heterocycles. The molecule has 13 heteroatoms. The van der Waals surface area contributed by atoms with E-state index in [1.807, 2.05) is 0 Å². The summed E-state index contributed by atoms with van der Waals surface area (Å²) in [7, 11) is 0. The van der Waals surface area contributed by atoms with Gasteiger partial charge >= 0.3 is 6.36 Å². The Morgan fingerprint density at radius 2 is 2.00 bits per heavy atom. The van der Waals surface area contributed by atoms with Crippen LogP contribution in [0, 0.1) is 0 Å². The van der Waals surface area contributed by atoms with Gasteiger partial charge in [-0.2, -0.15) is 0 Å². The number of rotatable bonds is 6. The first kappa shape index (κ1) is 22.6. The van der Waals surface area contributed by atoms with E-state index in [4.69, 9.17) is 11.6 Å². The van der Waals surface area contributed by atoms with Gasteiger partial charge in [-0.05, 0) is 30.3 Å². The van der Waals surface area contributed by atoms with Crippen LogP contribution in [0.5, 0.6) is 5.75 Å². The van der Waals surface area contributed by atoms with Gasteiger partial charge in [0, 0.05) is 18.3 Å². The molecular formula is C20H13ClF3N5O3S. The lowest BCUT2D eigenvalue weighted by molar-refractivity contribution is -0.274. The van der Waals surface area contributed by atoms with Crippen molar-refractivity contribution in [2.75, 3.05) is 0 Å². The number of halogens is 4. The van der Waals surface area contributed by atoms with Gasteiger partial charge in [0.15, 0.2) is 5.75 Å². The third-order valence-corrected chi connectivity index (χ3v) is 5.51. The Bertz CT molecular complexity index is 1370. The van der Waals surface area contributed by atoms with Crippen LogP contribution in [0.2, 0.25) is 4.34 Å². The van der Waals surface area contributed by atoms with E-state index in [1.54, 1.807) is 18.2 Å². The number of ether oxygens (including phenoxy) is 1. The van der Waals surface area contributed by atoms with Crippen molar-refractivity contribution in [1.82, 2.24) is 24.9 Å². The Balaban J connectivity index is 1.60. The van der Waals surface area contributed by atoms with Crippen molar-refractivity contribution in [3.63, 3.8) is 0 Å². The predicted molar refractivity (Wildman–Crippen MR) is 114 cm³/mol. The van der Waals surface area contributed by atoms with E-state index < -0.39 is 17.7 Å². The van der Waals surface area contributed by atoms with Gasteiger partial charge in [-0.3, -0.25) is 14.2 Å². The van der Waals surface area contributed by atoms with E-state index in [0.717, 1.165) is 22.1 Å². The molecule has 0 saturated carbocycles. The molecule has 33 heavy (non-hydrogen) atoms. The lowest BCUT2D eigenvalue weighted by Gasteiger charge is -2.15. The first-order chi connectivity index (χ1) is 15.7. The number of benzene rings is 1. The van der Waals surface area contributed by atoms with Crippen LogP contribution < -0.4 is 15.6 Å². The fraction of sp³-hybridized carbons (Fsp3) is 0.100. The summed E-state index contributed by atoms with van der Waals surface area (Å²) in [5.74, 6) is -0.954. The summed E-state index contributed by atoms with van der Waals surface area (Å²) in [5.41, 5.74) is -0.0117. The molecule has 0 bridgehead atoms. The SMILES string of the molecule is O=C(NCc1cn(-c2ccc(-n3ccccc3=O)cc2OC(F)(F)F)nn1)c1ccc(Cl)s1. The number of amides is 1. The highest BCUT2D eigenvalue weighted by molar-refractivity contribution is 7.17. The summed E-state index contributed by atoms with van der Waals surface area (Å²) in [5, 5.41) is 10.3. The monoisotopic (exact) mass is 495 g/mol. The maximum absolute atomic E-state index is 13.0. The number of carbonyl (C=O) groups excluding carboxylic acids is 1. The highest BCUT2D eigenvalue weighted by Crippen LogP contribution is 2.31. The summed E-state index contributed by atoms with van der Waals surface area (Å²) >= 11 is 6.92. The largest absolute Gasteiger partial charge is 0.573 e. The molecule has 170 valence electrons. The number of nitrogens with one attached hydrogen (secondary N) is 1. The van der Waals surface area contributed by atoms with Crippen LogP contribution in [0.1, 0.15) is 15.4 Å². The summed E-state index contributed by atoms with van der Waals surface area (Å²) in [6, 6.07) is 11.4. The third-order valence-electron chi connectivity index (χ3n) is 4.28. The average Bonchev–Trinajstić information content (AvgIpc) is 3.40. The van der Waals surface area contributed by atoms with E-state index in [-0.39, 0.29) is 23.8 Å². The molecular weight excluding hydrogens is 483 g/mol. The molecule has 4 rings (SSSR count). The number of thiophene rings is 1. The van der Waals surface area contributed by atoms with Gasteiger partial charge in [-0.15, -0.1) is 29.6 Å². The van der Waals surface area contributed by atoms with E-state index in [9.17, 15) is 22.8 Å². The minimum Gasteiger partial charge on any atom is -0.403 e. The Hall–Kier alpha value is -3.64. The lowest BCUT2D eigenvalue weighted by atomic mass is 10.2. The second-order valence-electron chi connectivity index (χ2n) is 6.55. The Labute approximate surface area is 192 Å². The molecule has 0 saturated heterocycles. The van der Waals surface area contributed by atoms with Crippen LogP contribution in [0.3, 0.4) is 0 Å².